The molecule has 0 fully saturated rings. The number of aromatic nitrogens is 1. The Balaban J connectivity index is 1.58. The Morgan fingerprint density at radius 3 is 2.82 bits per heavy atom. The molecule has 0 saturated heterocycles. The van der Waals surface area contributed by atoms with Gasteiger partial charge < -0.3 is 20.6 Å². The van der Waals surface area contributed by atoms with E-state index in [0.717, 1.165) is 11.3 Å². The van der Waals surface area contributed by atoms with E-state index in [-0.39, 0.29) is 22.0 Å². The summed E-state index contributed by atoms with van der Waals surface area (Å²) in [4.78, 5) is 13.8. The average molecular weight is 499 g/mol. The molecule has 0 unspecified atom stereocenters. The number of anilines is 1. The highest BCUT2D eigenvalue weighted by Crippen LogP contribution is 2.55. The smallest absolute Gasteiger partial charge is 0.284 e. The van der Waals surface area contributed by atoms with Crippen LogP contribution in [0.4, 0.5) is 5.69 Å². The number of ether oxygens (including phenoxy) is 1. The molecule has 0 radical (unpaired) electrons. The summed E-state index contributed by atoms with van der Waals surface area (Å²) >= 11 is 1.26. The van der Waals surface area contributed by atoms with Crippen LogP contribution in [-0.4, -0.2) is 31.3 Å². The van der Waals surface area contributed by atoms with Crippen molar-refractivity contribution in [3.8, 4) is 11.5 Å². The van der Waals surface area contributed by atoms with Crippen LogP contribution in [0.15, 0.2) is 74.1 Å². The van der Waals surface area contributed by atoms with Crippen molar-refractivity contribution in [3.05, 3.63) is 81.5 Å². The fourth-order valence-electron chi connectivity index (χ4n) is 3.79. The van der Waals surface area contributed by atoms with Crippen molar-refractivity contribution >= 4 is 43.9 Å². The summed E-state index contributed by atoms with van der Waals surface area (Å²) in [6.07, 6.45) is 0. The first-order valence-corrected chi connectivity index (χ1v) is 12.8. The third kappa shape index (κ3) is 3.88. The van der Waals surface area contributed by atoms with Crippen LogP contribution in [0.3, 0.4) is 0 Å². The molecule has 4 aromatic rings. The highest BCUT2D eigenvalue weighted by Gasteiger charge is 2.30. The zero-order valence-electron chi connectivity index (χ0n) is 18.1. The maximum atomic E-state index is 13.6. The molecular formula is C23H22N4O5S2. The standard InChI is InChI=1S/C23H22N4O5S2/c1-2-32-15-7-5-6-14(12-15)13-24-27-17-10-11-33-21(17)20(28)19(23(27)29)22-25-16-8-3-4-9-18(16)34(30,31)26-22/h3-12,24,28,30-31H,2,13H2,1H3,(H,25,26). The van der Waals surface area contributed by atoms with Gasteiger partial charge in [0, 0.05) is 0 Å². The summed E-state index contributed by atoms with van der Waals surface area (Å²) in [6, 6.07) is 15.8. The van der Waals surface area contributed by atoms with E-state index in [2.05, 4.69) is 15.1 Å². The van der Waals surface area contributed by atoms with Crippen molar-refractivity contribution in [2.24, 2.45) is 4.40 Å². The fraction of sp³-hybridized carbons (Fsp3) is 0.130. The lowest BCUT2D eigenvalue weighted by Crippen LogP contribution is -2.35. The molecule has 5 rings (SSSR count). The van der Waals surface area contributed by atoms with E-state index in [1.54, 1.807) is 35.7 Å². The van der Waals surface area contributed by atoms with Crippen LogP contribution in [0.5, 0.6) is 11.5 Å². The fourth-order valence-corrected chi connectivity index (χ4v) is 5.78. The number of nitrogens with zero attached hydrogens (tertiary/aromatic N) is 2. The number of hydrogen-bond acceptors (Lipinski definition) is 9. The average Bonchev–Trinajstić information content (AvgIpc) is 3.29. The SMILES string of the molecule is CCOc1cccc(CNn2c(=O)c(C3=NS(O)(O)c4ccccc4N3)c(O)c3sccc32)c1. The van der Waals surface area contributed by atoms with Gasteiger partial charge in [-0.1, -0.05) is 35.0 Å². The Labute approximate surface area is 200 Å². The van der Waals surface area contributed by atoms with E-state index in [4.69, 9.17) is 4.74 Å². The first kappa shape index (κ1) is 22.3. The highest BCUT2D eigenvalue weighted by molar-refractivity contribution is 8.23. The Kier molecular flexibility index (Phi) is 5.70. The Bertz CT molecular complexity index is 1480. The zero-order valence-corrected chi connectivity index (χ0v) is 19.7. The predicted octanol–water partition coefficient (Wildman–Crippen LogP) is 4.81. The van der Waals surface area contributed by atoms with Crippen LogP contribution < -0.4 is 21.0 Å². The van der Waals surface area contributed by atoms with Crippen LogP contribution in [-0.2, 0) is 6.54 Å². The van der Waals surface area contributed by atoms with Gasteiger partial charge in [0.25, 0.3) is 5.56 Å². The monoisotopic (exact) mass is 498 g/mol. The molecule has 0 aliphatic carbocycles. The van der Waals surface area contributed by atoms with Crippen LogP contribution in [0, 0.1) is 0 Å². The van der Waals surface area contributed by atoms with Crippen molar-refractivity contribution in [2.75, 3.05) is 17.3 Å². The number of hydrogen-bond donors (Lipinski definition) is 5. The molecule has 0 atom stereocenters. The van der Waals surface area contributed by atoms with Gasteiger partial charge in [-0.3, -0.25) is 13.9 Å². The molecule has 176 valence electrons. The van der Waals surface area contributed by atoms with E-state index in [9.17, 15) is 19.0 Å². The number of amidine groups is 1. The number of fused-ring (bicyclic) bond motifs is 2. The van der Waals surface area contributed by atoms with Gasteiger partial charge >= 0.3 is 0 Å². The molecule has 3 heterocycles. The molecule has 9 nitrogen and oxygen atoms in total. The third-order valence-corrected chi connectivity index (χ3v) is 7.59. The van der Waals surface area contributed by atoms with Crippen LogP contribution in [0.2, 0.25) is 0 Å². The van der Waals surface area contributed by atoms with Gasteiger partial charge in [0.1, 0.15) is 16.2 Å². The molecule has 1 aliphatic rings. The van der Waals surface area contributed by atoms with Crippen molar-refractivity contribution in [3.63, 3.8) is 0 Å². The molecular weight excluding hydrogens is 476 g/mol. The van der Waals surface area contributed by atoms with Crippen LogP contribution in [0.25, 0.3) is 10.2 Å². The molecule has 0 spiro atoms. The summed E-state index contributed by atoms with van der Waals surface area (Å²) in [5.74, 6) is 0.350. The number of rotatable bonds is 6. The Morgan fingerprint density at radius 2 is 2.00 bits per heavy atom. The molecule has 5 N–H and O–H groups in total. The van der Waals surface area contributed by atoms with E-state index < -0.39 is 16.3 Å². The minimum atomic E-state index is -3.56. The number of aromatic hydroxyl groups is 1. The van der Waals surface area contributed by atoms with Gasteiger partial charge in [-0.2, -0.15) is 0 Å². The summed E-state index contributed by atoms with van der Waals surface area (Å²) in [6.45, 7) is 2.77. The molecule has 0 amide bonds. The Morgan fingerprint density at radius 1 is 1.18 bits per heavy atom. The van der Waals surface area contributed by atoms with Crippen LogP contribution >= 0.6 is 22.1 Å². The lowest BCUT2D eigenvalue weighted by Gasteiger charge is -2.34. The normalized spacial score (nSPS) is 15.2. The predicted molar refractivity (Wildman–Crippen MR) is 136 cm³/mol. The second-order valence-corrected chi connectivity index (χ2v) is 10.1. The topological polar surface area (TPSA) is 128 Å². The molecule has 11 heteroatoms. The van der Waals surface area contributed by atoms with E-state index >= 15 is 0 Å². The quantitative estimate of drug-likeness (QED) is 0.258. The molecule has 34 heavy (non-hydrogen) atoms. The van der Waals surface area contributed by atoms with Crippen molar-refractivity contribution in [1.29, 1.82) is 0 Å². The lowest BCUT2D eigenvalue weighted by atomic mass is 10.2. The summed E-state index contributed by atoms with van der Waals surface area (Å²) in [7, 11) is -3.56. The third-order valence-electron chi connectivity index (χ3n) is 5.30. The molecule has 1 aliphatic heterocycles. The highest BCUT2D eigenvalue weighted by atomic mass is 32.3. The maximum absolute atomic E-state index is 13.6. The zero-order chi connectivity index (χ0) is 23.9. The van der Waals surface area contributed by atoms with Gasteiger partial charge in [0.15, 0.2) is 11.6 Å². The van der Waals surface area contributed by atoms with Crippen LogP contribution in [0.1, 0.15) is 18.1 Å². The van der Waals surface area contributed by atoms with Gasteiger partial charge in [-0.25, -0.2) is 4.68 Å². The summed E-state index contributed by atoms with van der Waals surface area (Å²) < 4.78 is 32.6. The van der Waals surface area contributed by atoms with Gasteiger partial charge in [0.2, 0.25) is 0 Å². The first-order chi connectivity index (χ1) is 16.4. The minimum absolute atomic E-state index is 0.106. The lowest BCUT2D eigenvalue weighted by molar-refractivity contribution is 0.340. The van der Waals surface area contributed by atoms with Gasteiger partial charge in [0.05, 0.1) is 29.1 Å². The number of nitrogens with one attached hydrogen (secondary N) is 2. The summed E-state index contributed by atoms with van der Waals surface area (Å²) in [5, 5.41) is 15.7. The van der Waals surface area contributed by atoms with Gasteiger partial charge in [-0.05, 0) is 48.2 Å². The second-order valence-electron chi connectivity index (χ2n) is 7.49. The number of pyridine rings is 1. The first-order valence-electron chi connectivity index (χ1n) is 10.4. The summed E-state index contributed by atoms with van der Waals surface area (Å²) in [5.41, 5.74) is 4.19. The molecule has 0 saturated carbocycles. The Hall–Kier alpha value is -3.51. The number of thiophene rings is 1. The number of para-hydroxylation sites is 1. The molecule has 2 aromatic carbocycles. The van der Waals surface area contributed by atoms with Crippen molar-refractivity contribution in [1.82, 2.24) is 4.68 Å². The number of benzene rings is 2. The maximum Gasteiger partial charge on any atom is 0.284 e. The largest absolute Gasteiger partial charge is 0.505 e. The van der Waals surface area contributed by atoms with E-state index in [1.807, 2.05) is 31.2 Å². The van der Waals surface area contributed by atoms with Gasteiger partial charge in [-0.15, -0.1) is 15.7 Å². The molecule has 0 bridgehead atoms. The second kappa shape index (κ2) is 8.69. The minimum Gasteiger partial charge on any atom is -0.505 e. The molecule has 2 aromatic heterocycles. The van der Waals surface area contributed by atoms with Crippen molar-refractivity contribution in [2.45, 2.75) is 18.4 Å². The van der Waals surface area contributed by atoms with Crippen molar-refractivity contribution < 1.29 is 18.9 Å². The van der Waals surface area contributed by atoms with E-state index in [0.29, 0.717) is 29.1 Å². The van der Waals surface area contributed by atoms with E-state index in [1.165, 1.54) is 16.0 Å².